The van der Waals surface area contributed by atoms with Crippen molar-refractivity contribution < 1.29 is 19.4 Å². The summed E-state index contributed by atoms with van der Waals surface area (Å²) < 4.78 is 5.10. The van der Waals surface area contributed by atoms with E-state index in [0.717, 1.165) is 5.56 Å². The fourth-order valence-electron chi connectivity index (χ4n) is 2.11. The first-order valence-electron chi connectivity index (χ1n) is 6.52. The lowest BCUT2D eigenvalue weighted by Gasteiger charge is -2.22. The van der Waals surface area contributed by atoms with Gasteiger partial charge in [0.15, 0.2) is 0 Å². The summed E-state index contributed by atoms with van der Waals surface area (Å²) in [6, 6.07) is 9.09. The van der Waals surface area contributed by atoms with E-state index in [1.807, 2.05) is 36.4 Å². The monoisotopic (exact) mass is 275 g/mol. The molecule has 0 aromatic heterocycles. The van der Waals surface area contributed by atoms with E-state index in [9.17, 15) is 9.59 Å². The Kier molecular flexibility index (Phi) is 4.76. The van der Waals surface area contributed by atoms with Gasteiger partial charge >= 0.3 is 12.1 Å². The number of aliphatic carboxylic acids is 1. The largest absolute Gasteiger partial charge is 0.481 e. The maximum atomic E-state index is 11.6. The quantitative estimate of drug-likeness (QED) is 0.827. The van der Waals surface area contributed by atoms with Gasteiger partial charge in [-0.1, -0.05) is 42.5 Å². The molecule has 2 atom stereocenters. The number of carbonyl (C=O) groups is 2. The second kappa shape index (κ2) is 6.75. The highest BCUT2D eigenvalue weighted by molar-refractivity contribution is 5.71. The van der Waals surface area contributed by atoms with Gasteiger partial charge in [-0.25, -0.2) is 4.79 Å². The van der Waals surface area contributed by atoms with Gasteiger partial charge in [0.25, 0.3) is 0 Å². The van der Waals surface area contributed by atoms with E-state index in [-0.39, 0.29) is 12.6 Å². The van der Waals surface area contributed by atoms with Gasteiger partial charge in [0, 0.05) is 0 Å². The van der Waals surface area contributed by atoms with Crippen molar-refractivity contribution in [3.05, 3.63) is 48.0 Å². The number of hydrogen-bond donors (Lipinski definition) is 2. The fourth-order valence-corrected chi connectivity index (χ4v) is 2.11. The minimum absolute atomic E-state index is 0.200. The Bertz CT molecular complexity index is 498. The van der Waals surface area contributed by atoms with Crippen molar-refractivity contribution in [2.75, 3.05) is 0 Å². The second-order valence-electron chi connectivity index (χ2n) is 4.75. The molecule has 20 heavy (non-hydrogen) atoms. The second-order valence-corrected chi connectivity index (χ2v) is 4.75. The first-order chi connectivity index (χ1) is 9.65. The Balaban J connectivity index is 1.78. The standard InChI is InChI=1S/C15H17NO4/c17-14(18)12-7-4-8-13(9-12)16-15(19)20-10-11-5-2-1-3-6-11/h1-6,8,12-13H,7,9-10H2,(H,16,19)(H,17,18)/t12-,13-/m1/s1. The SMILES string of the molecule is O=C(N[C@@H]1C=CC[C@@H](C(=O)O)C1)OCc1ccccc1. The third kappa shape index (κ3) is 4.12. The van der Waals surface area contributed by atoms with Crippen molar-refractivity contribution in [1.82, 2.24) is 5.32 Å². The molecule has 0 spiro atoms. The van der Waals surface area contributed by atoms with E-state index in [4.69, 9.17) is 9.84 Å². The van der Waals surface area contributed by atoms with Gasteiger partial charge in [0.2, 0.25) is 0 Å². The van der Waals surface area contributed by atoms with Crippen LogP contribution in [0.4, 0.5) is 4.79 Å². The Hall–Kier alpha value is -2.30. The van der Waals surface area contributed by atoms with Gasteiger partial charge in [-0.2, -0.15) is 0 Å². The van der Waals surface area contributed by atoms with Crippen LogP contribution < -0.4 is 5.32 Å². The zero-order chi connectivity index (χ0) is 14.4. The third-order valence-corrected chi connectivity index (χ3v) is 3.19. The molecule has 0 fully saturated rings. The number of hydrogen-bond acceptors (Lipinski definition) is 3. The van der Waals surface area contributed by atoms with Gasteiger partial charge in [0.05, 0.1) is 12.0 Å². The highest BCUT2D eigenvalue weighted by Crippen LogP contribution is 2.19. The van der Waals surface area contributed by atoms with Crippen molar-refractivity contribution >= 4 is 12.1 Å². The Labute approximate surface area is 117 Å². The number of carboxylic acids is 1. The summed E-state index contributed by atoms with van der Waals surface area (Å²) in [5, 5.41) is 11.6. The molecule has 1 aromatic carbocycles. The molecular weight excluding hydrogens is 258 g/mol. The Morgan fingerprint density at radius 3 is 2.75 bits per heavy atom. The Morgan fingerprint density at radius 1 is 1.30 bits per heavy atom. The lowest BCUT2D eigenvalue weighted by molar-refractivity contribution is -0.142. The summed E-state index contributed by atoms with van der Waals surface area (Å²) in [7, 11) is 0. The van der Waals surface area contributed by atoms with Crippen LogP contribution in [0.3, 0.4) is 0 Å². The van der Waals surface area contributed by atoms with Crippen LogP contribution in [0.25, 0.3) is 0 Å². The number of benzene rings is 1. The summed E-state index contributed by atoms with van der Waals surface area (Å²) in [6.07, 6.45) is 3.96. The van der Waals surface area contributed by atoms with Crippen molar-refractivity contribution in [3.8, 4) is 0 Å². The number of rotatable bonds is 4. The van der Waals surface area contributed by atoms with E-state index in [2.05, 4.69) is 5.32 Å². The van der Waals surface area contributed by atoms with Crippen LogP contribution in [-0.4, -0.2) is 23.2 Å². The predicted molar refractivity (Wildman–Crippen MR) is 73.1 cm³/mol. The van der Waals surface area contributed by atoms with Crippen molar-refractivity contribution in [3.63, 3.8) is 0 Å². The zero-order valence-corrected chi connectivity index (χ0v) is 11.0. The molecule has 1 amide bonds. The van der Waals surface area contributed by atoms with E-state index in [1.54, 1.807) is 6.08 Å². The summed E-state index contributed by atoms with van der Waals surface area (Å²) in [5.74, 6) is -1.28. The molecule has 0 unspecified atom stereocenters. The first kappa shape index (κ1) is 14.1. The average Bonchev–Trinajstić information content (AvgIpc) is 2.46. The maximum absolute atomic E-state index is 11.6. The minimum atomic E-state index is -0.834. The number of ether oxygens (including phenoxy) is 1. The fraction of sp³-hybridized carbons (Fsp3) is 0.333. The van der Waals surface area contributed by atoms with E-state index in [0.29, 0.717) is 12.8 Å². The van der Waals surface area contributed by atoms with Gasteiger partial charge in [-0.05, 0) is 18.4 Å². The lowest BCUT2D eigenvalue weighted by Crippen LogP contribution is -2.38. The molecule has 0 saturated carbocycles. The number of allylic oxidation sites excluding steroid dienone is 1. The summed E-state index contributed by atoms with van der Waals surface area (Å²) in [4.78, 5) is 22.6. The summed E-state index contributed by atoms with van der Waals surface area (Å²) in [5.41, 5.74) is 0.908. The molecule has 0 bridgehead atoms. The number of nitrogens with one attached hydrogen (secondary N) is 1. The average molecular weight is 275 g/mol. The molecule has 1 aliphatic carbocycles. The van der Waals surface area contributed by atoms with Crippen LogP contribution in [0.1, 0.15) is 18.4 Å². The van der Waals surface area contributed by atoms with Gasteiger partial charge in [0.1, 0.15) is 6.61 Å². The van der Waals surface area contributed by atoms with Crippen LogP contribution in [0.2, 0.25) is 0 Å². The highest BCUT2D eigenvalue weighted by Gasteiger charge is 2.24. The molecule has 1 aliphatic rings. The molecular formula is C15H17NO4. The minimum Gasteiger partial charge on any atom is -0.481 e. The molecule has 5 nitrogen and oxygen atoms in total. The van der Waals surface area contributed by atoms with Gasteiger partial charge < -0.3 is 15.2 Å². The Morgan fingerprint density at radius 2 is 2.05 bits per heavy atom. The lowest BCUT2D eigenvalue weighted by atomic mass is 9.91. The van der Waals surface area contributed by atoms with Gasteiger partial charge in [-0.15, -0.1) is 0 Å². The molecule has 0 radical (unpaired) electrons. The number of alkyl carbamates (subject to hydrolysis) is 1. The van der Waals surface area contributed by atoms with Crippen molar-refractivity contribution in [2.24, 2.45) is 5.92 Å². The highest BCUT2D eigenvalue weighted by atomic mass is 16.5. The predicted octanol–water partition coefficient (Wildman–Crippen LogP) is 2.33. The summed E-state index contributed by atoms with van der Waals surface area (Å²) in [6.45, 7) is 0.200. The third-order valence-electron chi connectivity index (χ3n) is 3.19. The van der Waals surface area contributed by atoms with Crippen LogP contribution in [0, 0.1) is 5.92 Å². The molecule has 0 heterocycles. The van der Waals surface area contributed by atoms with Crippen LogP contribution in [0.5, 0.6) is 0 Å². The molecule has 0 aliphatic heterocycles. The number of amides is 1. The number of carboxylic acid groups (broad SMARTS) is 1. The maximum Gasteiger partial charge on any atom is 0.407 e. The van der Waals surface area contributed by atoms with E-state index >= 15 is 0 Å². The van der Waals surface area contributed by atoms with Crippen LogP contribution in [0.15, 0.2) is 42.5 Å². The topological polar surface area (TPSA) is 75.6 Å². The smallest absolute Gasteiger partial charge is 0.407 e. The normalized spacial score (nSPS) is 21.2. The molecule has 106 valence electrons. The van der Waals surface area contributed by atoms with Crippen molar-refractivity contribution in [1.29, 1.82) is 0 Å². The molecule has 2 rings (SSSR count). The van der Waals surface area contributed by atoms with E-state index < -0.39 is 18.0 Å². The molecule has 1 aromatic rings. The zero-order valence-electron chi connectivity index (χ0n) is 11.0. The van der Waals surface area contributed by atoms with E-state index in [1.165, 1.54) is 0 Å². The number of carbonyl (C=O) groups excluding carboxylic acids is 1. The van der Waals surface area contributed by atoms with Gasteiger partial charge in [-0.3, -0.25) is 4.79 Å². The first-order valence-corrected chi connectivity index (χ1v) is 6.52. The van der Waals surface area contributed by atoms with Crippen molar-refractivity contribution in [2.45, 2.75) is 25.5 Å². The molecule has 5 heteroatoms. The van der Waals surface area contributed by atoms with Crippen LogP contribution in [-0.2, 0) is 16.1 Å². The summed E-state index contributed by atoms with van der Waals surface area (Å²) >= 11 is 0. The molecule has 2 N–H and O–H groups in total. The van der Waals surface area contributed by atoms with Crippen LogP contribution >= 0.6 is 0 Å². The molecule has 0 saturated heterocycles.